The molecular formula is C12H15NO2. The highest BCUT2D eigenvalue weighted by atomic mass is 16.5. The Hall–Kier alpha value is -1.22. The molecule has 1 fully saturated rings. The molecule has 1 aliphatic rings. The minimum Gasteiger partial charge on any atom is -0.363 e. The fourth-order valence-corrected chi connectivity index (χ4v) is 1.87. The van der Waals surface area contributed by atoms with E-state index >= 15 is 0 Å². The van der Waals surface area contributed by atoms with Gasteiger partial charge in [-0.1, -0.05) is 6.07 Å². The third-order valence-electron chi connectivity index (χ3n) is 2.75. The molecule has 3 nitrogen and oxygen atoms in total. The summed E-state index contributed by atoms with van der Waals surface area (Å²) in [6, 6.07) is 4.00. The summed E-state index contributed by atoms with van der Waals surface area (Å²) in [7, 11) is 0. The van der Waals surface area contributed by atoms with Gasteiger partial charge in [0, 0.05) is 11.9 Å². The summed E-state index contributed by atoms with van der Waals surface area (Å²) >= 11 is 0. The molecule has 1 aliphatic heterocycles. The van der Waals surface area contributed by atoms with Crippen molar-refractivity contribution >= 4 is 6.29 Å². The summed E-state index contributed by atoms with van der Waals surface area (Å²) in [6.07, 6.45) is 5.42. The Labute approximate surface area is 89.5 Å². The Kier molecular flexibility index (Phi) is 3.11. The van der Waals surface area contributed by atoms with E-state index in [0.29, 0.717) is 0 Å². The van der Waals surface area contributed by atoms with Gasteiger partial charge in [-0.15, -0.1) is 0 Å². The van der Waals surface area contributed by atoms with E-state index in [0.717, 1.165) is 36.8 Å². The number of ether oxygens (including phenoxy) is 1. The fourth-order valence-electron chi connectivity index (χ4n) is 1.87. The molecule has 80 valence electrons. The van der Waals surface area contributed by atoms with Gasteiger partial charge in [-0.3, -0.25) is 4.98 Å². The zero-order valence-electron chi connectivity index (χ0n) is 8.85. The Bertz CT molecular complexity index is 334. The quantitative estimate of drug-likeness (QED) is 0.695. The largest absolute Gasteiger partial charge is 0.363 e. The summed E-state index contributed by atoms with van der Waals surface area (Å²) in [5, 5.41) is 0. The van der Waals surface area contributed by atoms with Gasteiger partial charge in [-0.2, -0.15) is 0 Å². The second-order valence-electron chi connectivity index (χ2n) is 3.96. The number of hydrogen-bond donors (Lipinski definition) is 0. The van der Waals surface area contributed by atoms with Gasteiger partial charge in [-0.05, 0) is 37.8 Å². The van der Waals surface area contributed by atoms with Crippen LogP contribution in [0.5, 0.6) is 0 Å². The number of hydrogen-bond acceptors (Lipinski definition) is 3. The van der Waals surface area contributed by atoms with Crippen molar-refractivity contribution in [2.24, 2.45) is 0 Å². The van der Waals surface area contributed by atoms with E-state index in [1.807, 2.05) is 25.3 Å². The molecule has 15 heavy (non-hydrogen) atoms. The Morgan fingerprint density at radius 2 is 2.33 bits per heavy atom. The standard InChI is InChI=1S/C12H15NO2/c1-9-5-6-10(7-13-9)12-4-2-3-11(8-14)15-12/h5-8,11-12H,2-4H2,1H3. The summed E-state index contributed by atoms with van der Waals surface area (Å²) in [5.74, 6) is 0. The lowest BCUT2D eigenvalue weighted by atomic mass is 10.00. The van der Waals surface area contributed by atoms with Crippen molar-refractivity contribution < 1.29 is 9.53 Å². The van der Waals surface area contributed by atoms with Crippen LogP contribution in [0.1, 0.15) is 36.6 Å². The van der Waals surface area contributed by atoms with Gasteiger partial charge in [0.15, 0.2) is 0 Å². The zero-order chi connectivity index (χ0) is 10.7. The molecule has 1 saturated heterocycles. The molecule has 0 N–H and O–H groups in total. The van der Waals surface area contributed by atoms with Gasteiger partial charge in [0.2, 0.25) is 0 Å². The van der Waals surface area contributed by atoms with Crippen molar-refractivity contribution in [1.29, 1.82) is 0 Å². The summed E-state index contributed by atoms with van der Waals surface area (Å²) < 4.78 is 5.65. The number of aldehydes is 1. The maximum absolute atomic E-state index is 10.7. The predicted molar refractivity (Wildman–Crippen MR) is 56.5 cm³/mol. The maximum Gasteiger partial charge on any atom is 0.148 e. The molecule has 1 aromatic rings. The summed E-state index contributed by atoms with van der Waals surface area (Å²) in [6.45, 7) is 1.96. The van der Waals surface area contributed by atoms with Crippen LogP contribution in [0.15, 0.2) is 18.3 Å². The SMILES string of the molecule is Cc1ccc(C2CCCC(C=O)O2)cn1. The molecule has 2 atom stereocenters. The van der Waals surface area contributed by atoms with E-state index in [1.165, 1.54) is 0 Å². The fraction of sp³-hybridized carbons (Fsp3) is 0.500. The van der Waals surface area contributed by atoms with Crippen molar-refractivity contribution in [3.63, 3.8) is 0 Å². The van der Waals surface area contributed by atoms with Crippen LogP contribution in [0.2, 0.25) is 0 Å². The number of pyridine rings is 1. The highest BCUT2D eigenvalue weighted by Crippen LogP contribution is 2.29. The number of carbonyl (C=O) groups is 1. The van der Waals surface area contributed by atoms with Crippen LogP contribution in [0.4, 0.5) is 0 Å². The molecule has 3 heteroatoms. The Morgan fingerprint density at radius 3 is 3.00 bits per heavy atom. The summed E-state index contributed by atoms with van der Waals surface area (Å²) in [5.41, 5.74) is 2.08. The Morgan fingerprint density at radius 1 is 1.47 bits per heavy atom. The third-order valence-corrected chi connectivity index (χ3v) is 2.75. The first-order valence-corrected chi connectivity index (χ1v) is 5.33. The second kappa shape index (κ2) is 4.53. The highest BCUT2D eigenvalue weighted by molar-refractivity contribution is 5.56. The van der Waals surface area contributed by atoms with Gasteiger partial charge in [0.1, 0.15) is 12.4 Å². The molecule has 0 aliphatic carbocycles. The van der Waals surface area contributed by atoms with Crippen molar-refractivity contribution in [1.82, 2.24) is 4.98 Å². The first-order valence-electron chi connectivity index (χ1n) is 5.33. The molecule has 0 aromatic carbocycles. The number of nitrogens with zero attached hydrogens (tertiary/aromatic N) is 1. The molecule has 2 heterocycles. The van der Waals surface area contributed by atoms with Gasteiger partial charge < -0.3 is 9.53 Å². The number of aromatic nitrogens is 1. The van der Waals surface area contributed by atoms with Gasteiger partial charge >= 0.3 is 0 Å². The summed E-state index contributed by atoms with van der Waals surface area (Å²) in [4.78, 5) is 14.9. The van der Waals surface area contributed by atoms with E-state index in [4.69, 9.17) is 4.74 Å². The normalized spacial score (nSPS) is 26.2. The van der Waals surface area contributed by atoms with Crippen LogP contribution in [0, 0.1) is 6.92 Å². The molecular weight excluding hydrogens is 190 g/mol. The Balaban J connectivity index is 2.09. The zero-order valence-corrected chi connectivity index (χ0v) is 8.85. The second-order valence-corrected chi connectivity index (χ2v) is 3.96. The maximum atomic E-state index is 10.7. The molecule has 0 saturated carbocycles. The van der Waals surface area contributed by atoms with E-state index in [2.05, 4.69) is 4.98 Å². The number of carbonyl (C=O) groups excluding carboxylic acids is 1. The van der Waals surface area contributed by atoms with Crippen molar-refractivity contribution in [3.05, 3.63) is 29.6 Å². The van der Waals surface area contributed by atoms with Crippen molar-refractivity contribution in [2.45, 2.75) is 38.4 Å². The molecule has 0 amide bonds. The molecule has 0 bridgehead atoms. The predicted octanol–water partition coefficient (Wildman–Crippen LogP) is 2.20. The number of rotatable bonds is 2. The minimum absolute atomic E-state index is 0.0436. The highest BCUT2D eigenvalue weighted by Gasteiger charge is 2.23. The first kappa shape index (κ1) is 10.3. The van der Waals surface area contributed by atoms with Crippen LogP contribution in [0.25, 0.3) is 0 Å². The monoisotopic (exact) mass is 205 g/mol. The molecule has 0 spiro atoms. The van der Waals surface area contributed by atoms with Gasteiger partial charge in [0.05, 0.1) is 6.10 Å². The van der Waals surface area contributed by atoms with Crippen LogP contribution in [-0.4, -0.2) is 17.4 Å². The lowest BCUT2D eigenvalue weighted by molar-refractivity contribution is -0.127. The van der Waals surface area contributed by atoms with Crippen molar-refractivity contribution in [3.8, 4) is 0 Å². The lowest BCUT2D eigenvalue weighted by Gasteiger charge is -2.27. The average Bonchev–Trinajstić information content (AvgIpc) is 2.30. The van der Waals surface area contributed by atoms with Gasteiger partial charge in [-0.25, -0.2) is 0 Å². The number of aryl methyl sites for hydroxylation is 1. The van der Waals surface area contributed by atoms with E-state index < -0.39 is 0 Å². The van der Waals surface area contributed by atoms with Gasteiger partial charge in [0.25, 0.3) is 0 Å². The van der Waals surface area contributed by atoms with Crippen LogP contribution in [-0.2, 0) is 9.53 Å². The smallest absolute Gasteiger partial charge is 0.148 e. The van der Waals surface area contributed by atoms with E-state index in [9.17, 15) is 4.79 Å². The lowest BCUT2D eigenvalue weighted by Crippen LogP contribution is -2.23. The van der Waals surface area contributed by atoms with E-state index in [-0.39, 0.29) is 12.2 Å². The average molecular weight is 205 g/mol. The van der Waals surface area contributed by atoms with E-state index in [1.54, 1.807) is 0 Å². The van der Waals surface area contributed by atoms with Crippen LogP contribution >= 0.6 is 0 Å². The molecule has 1 aromatic heterocycles. The van der Waals surface area contributed by atoms with Crippen LogP contribution < -0.4 is 0 Å². The molecule has 0 radical (unpaired) electrons. The molecule has 2 unspecified atom stereocenters. The van der Waals surface area contributed by atoms with Crippen LogP contribution in [0.3, 0.4) is 0 Å². The molecule has 2 rings (SSSR count). The third kappa shape index (κ3) is 2.42. The topological polar surface area (TPSA) is 39.2 Å². The van der Waals surface area contributed by atoms with Crippen molar-refractivity contribution in [2.75, 3.05) is 0 Å². The minimum atomic E-state index is -0.231. The first-order chi connectivity index (χ1) is 7.29.